The minimum atomic E-state index is -1.87. The third-order valence-electron chi connectivity index (χ3n) is 6.36. The van der Waals surface area contributed by atoms with Gasteiger partial charge in [-0.3, -0.25) is 14.9 Å². The molecule has 2 N–H and O–H groups in total. The third-order valence-corrected chi connectivity index (χ3v) is 6.36. The lowest BCUT2D eigenvalue weighted by Crippen LogP contribution is -2.62. The second-order valence-electron chi connectivity index (χ2n) is 8.34. The van der Waals surface area contributed by atoms with Crippen LogP contribution < -0.4 is 10.4 Å². The molecule has 1 aliphatic heterocycles. The first kappa shape index (κ1) is 23.7. The lowest BCUT2D eigenvalue weighted by atomic mass is 10.0. The highest BCUT2D eigenvalue weighted by molar-refractivity contribution is 6.02. The van der Waals surface area contributed by atoms with Crippen LogP contribution in [-0.2, 0) is 30.3 Å². The van der Waals surface area contributed by atoms with Crippen LogP contribution >= 0.6 is 0 Å². The summed E-state index contributed by atoms with van der Waals surface area (Å²) >= 11 is 0. The second kappa shape index (κ2) is 10.6. The fourth-order valence-corrected chi connectivity index (χ4v) is 4.88. The van der Waals surface area contributed by atoms with Crippen molar-refractivity contribution in [1.29, 1.82) is 0 Å². The second-order valence-corrected chi connectivity index (χ2v) is 8.34. The maximum Gasteiger partial charge on any atom is 0.328 e. The number of nitrogens with one attached hydrogen (secondary N) is 1. The Morgan fingerprint density at radius 2 is 1.94 bits per heavy atom. The molecule has 0 unspecified atom stereocenters. The molecule has 1 aromatic carbocycles. The number of aliphatic carboxylic acids is 2. The minimum Gasteiger partial charge on any atom is -0.548 e. The van der Waals surface area contributed by atoms with Crippen LogP contribution in [-0.4, -0.2) is 64.6 Å². The number of likely N-dealkylation sites (tertiary alicyclic amines) is 1. The number of ether oxygens (including phenoxy) is 1. The molecular weight excluding hydrogens is 416 g/mol. The zero-order chi connectivity index (χ0) is 23.3. The van der Waals surface area contributed by atoms with E-state index in [1.54, 1.807) is 6.92 Å². The molecule has 0 aromatic heterocycles. The van der Waals surface area contributed by atoms with Gasteiger partial charge in [0.1, 0.15) is 18.1 Å². The molecule has 1 aliphatic carbocycles. The molecule has 1 saturated carbocycles. The largest absolute Gasteiger partial charge is 0.548 e. The fourth-order valence-electron chi connectivity index (χ4n) is 4.88. The number of nitrogens with zero attached hydrogens (tertiary/aromatic N) is 1. The molecule has 0 radical (unpaired) electrons. The highest BCUT2D eigenvalue weighted by Gasteiger charge is 2.50. The first-order valence-electron chi connectivity index (χ1n) is 11.1. The van der Waals surface area contributed by atoms with E-state index in [1.807, 2.05) is 30.3 Å². The maximum atomic E-state index is 13.3. The Morgan fingerprint density at radius 1 is 1.22 bits per heavy atom. The molecule has 32 heavy (non-hydrogen) atoms. The average Bonchev–Trinajstić information content (AvgIpc) is 3.35. The van der Waals surface area contributed by atoms with Gasteiger partial charge in [0.05, 0.1) is 12.6 Å². The van der Waals surface area contributed by atoms with E-state index in [0.717, 1.165) is 18.4 Å². The van der Waals surface area contributed by atoms with Crippen molar-refractivity contribution in [2.75, 3.05) is 6.61 Å². The van der Waals surface area contributed by atoms with Crippen LogP contribution in [0.25, 0.3) is 0 Å². The lowest BCUT2D eigenvalue weighted by Gasteiger charge is -2.33. The zero-order valence-electron chi connectivity index (χ0n) is 18.1. The number of carbonyl (C=O) groups excluding carboxylic acids is 3. The van der Waals surface area contributed by atoms with E-state index in [4.69, 9.17) is 4.74 Å². The number of carboxylic acid groups (broad SMARTS) is 2. The van der Waals surface area contributed by atoms with Crippen molar-refractivity contribution in [3.05, 3.63) is 35.9 Å². The van der Waals surface area contributed by atoms with Crippen LogP contribution in [0.5, 0.6) is 0 Å². The van der Waals surface area contributed by atoms with Crippen LogP contribution in [0.2, 0.25) is 0 Å². The Morgan fingerprint density at radius 3 is 2.56 bits per heavy atom. The molecule has 9 heteroatoms. The zero-order valence-corrected chi connectivity index (χ0v) is 18.1. The first-order chi connectivity index (χ1) is 15.3. The predicted octanol–water partition coefficient (Wildman–Crippen LogP) is 0.113. The van der Waals surface area contributed by atoms with Gasteiger partial charge in [0, 0.05) is 6.04 Å². The molecule has 0 bridgehead atoms. The topological polar surface area (TPSA) is 136 Å². The molecule has 2 aliphatic rings. The highest BCUT2D eigenvalue weighted by Crippen LogP contribution is 2.42. The monoisotopic (exact) mass is 445 g/mol. The molecule has 1 amide bonds. The van der Waals surface area contributed by atoms with E-state index in [1.165, 1.54) is 4.90 Å². The Labute approximate surface area is 186 Å². The van der Waals surface area contributed by atoms with Crippen LogP contribution in [0.1, 0.15) is 44.6 Å². The van der Waals surface area contributed by atoms with Crippen molar-refractivity contribution in [1.82, 2.24) is 10.2 Å². The average molecular weight is 445 g/mol. The molecule has 3 rings (SSSR count). The van der Waals surface area contributed by atoms with Gasteiger partial charge in [-0.25, -0.2) is 4.79 Å². The summed E-state index contributed by atoms with van der Waals surface area (Å²) in [6, 6.07) is 4.91. The first-order valence-corrected chi connectivity index (χ1v) is 11.1. The molecule has 2 fully saturated rings. The molecule has 0 spiro atoms. The lowest BCUT2D eigenvalue weighted by molar-refractivity contribution is -0.307. The number of benzene rings is 1. The van der Waals surface area contributed by atoms with Crippen molar-refractivity contribution in [3.8, 4) is 0 Å². The number of rotatable bonds is 10. The summed E-state index contributed by atoms with van der Waals surface area (Å²) in [5.41, 5.74) is 0.896. The molecule has 1 saturated heterocycles. The summed E-state index contributed by atoms with van der Waals surface area (Å²) in [4.78, 5) is 50.8. The van der Waals surface area contributed by atoms with E-state index < -0.39 is 41.9 Å². The summed E-state index contributed by atoms with van der Waals surface area (Å²) in [7, 11) is 0. The van der Waals surface area contributed by atoms with Crippen molar-refractivity contribution in [2.24, 2.45) is 5.92 Å². The van der Waals surface area contributed by atoms with Crippen molar-refractivity contribution in [3.63, 3.8) is 0 Å². The molecule has 174 valence electrons. The molecule has 5 atom stereocenters. The summed E-state index contributed by atoms with van der Waals surface area (Å²) in [6.45, 7) is 1.81. The quantitative estimate of drug-likeness (QED) is 0.383. The van der Waals surface area contributed by atoms with E-state index in [-0.39, 0.29) is 25.0 Å². The van der Waals surface area contributed by atoms with Gasteiger partial charge in [-0.1, -0.05) is 36.8 Å². The Kier molecular flexibility index (Phi) is 7.84. The van der Waals surface area contributed by atoms with Gasteiger partial charge < -0.3 is 24.6 Å². The van der Waals surface area contributed by atoms with Gasteiger partial charge in [-0.2, -0.15) is 0 Å². The smallest absolute Gasteiger partial charge is 0.328 e. The highest BCUT2D eigenvalue weighted by atomic mass is 16.5. The van der Waals surface area contributed by atoms with E-state index in [9.17, 15) is 29.4 Å². The number of hydrogen-bond donors (Lipinski definition) is 2. The standard InChI is InChI=1S/C23H30N2O7/c1-2-32-23(31)18-13-15-9-6-10-17(15)25(18)20(26)19(22(29)30)24-16(21(27)28)12-11-14-7-4-3-5-8-14/h3-5,7-8,15-19,24H,2,6,9-13H2,1H3,(H,27,28)(H,29,30)/p-1/t15-,16-,17+,18-,19+/m0/s1. The third kappa shape index (κ3) is 5.27. The number of carboxylic acids is 2. The van der Waals surface area contributed by atoms with E-state index in [2.05, 4.69) is 5.32 Å². The van der Waals surface area contributed by atoms with E-state index in [0.29, 0.717) is 19.3 Å². The number of fused-ring (bicyclic) bond motifs is 1. The number of esters is 1. The van der Waals surface area contributed by atoms with Gasteiger partial charge in [0.2, 0.25) is 5.91 Å². The molecule has 1 heterocycles. The van der Waals surface area contributed by atoms with Crippen molar-refractivity contribution in [2.45, 2.75) is 69.6 Å². The van der Waals surface area contributed by atoms with Crippen LogP contribution in [0, 0.1) is 5.92 Å². The van der Waals surface area contributed by atoms with Crippen LogP contribution in [0.3, 0.4) is 0 Å². The Hall–Kier alpha value is -2.94. The minimum absolute atomic E-state index is 0.0871. The van der Waals surface area contributed by atoms with Crippen molar-refractivity contribution >= 4 is 23.8 Å². The number of aryl methyl sites for hydroxylation is 1. The number of amides is 1. The van der Waals surface area contributed by atoms with Crippen LogP contribution in [0.4, 0.5) is 0 Å². The Bertz CT molecular complexity index is 844. The maximum absolute atomic E-state index is 13.3. The van der Waals surface area contributed by atoms with Gasteiger partial charge in [-0.05, 0) is 50.5 Å². The summed E-state index contributed by atoms with van der Waals surface area (Å²) in [6.07, 6.45) is 3.30. The predicted molar refractivity (Wildman–Crippen MR) is 111 cm³/mol. The summed E-state index contributed by atoms with van der Waals surface area (Å²) < 4.78 is 5.11. The van der Waals surface area contributed by atoms with Gasteiger partial charge in [0.15, 0.2) is 0 Å². The summed E-state index contributed by atoms with van der Waals surface area (Å²) in [5, 5.41) is 24.0. The normalized spacial score (nSPS) is 23.9. The van der Waals surface area contributed by atoms with Gasteiger partial charge in [-0.15, -0.1) is 0 Å². The van der Waals surface area contributed by atoms with Gasteiger partial charge in [0.25, 0.3) is 0 Å². The number of carbonyl (C=O) groups is 4. The molecule has 1 aromatic rings. The molecular formula is C23H29N2O7-. The number of hydrogen-bond acceptors (Lipinski definition) is 7. The Balaban J connectivity index is 1.77. The van der Waals surface area contributed by atoms with Crippen LogP contribution in [0.15, 0.2) is 30.3 Å². The fraction of sp³-hybridized carbons (Fsp3) is 0.565. The SMILES string of the molecule is CCOC(=O)[C@@H]1C[C@@H]2CCC[C@H]2N1C(=O)[C@@H](N[C@@H](CCc1ccccc1)C(=O)O)C(=O)[O-]. The van der Waals surface area contributed by atoms with Crippen molar-refractivity contribution < 1.29 is 34.1 Å². The summed E-state index contributed by atoms with van der Waals surface area (Å²) in [5.74, 6) is -4.29. The van der Waals surface area contributed by atoms with Gasteiger partial charge >= 0.3 is 11.9 Å². The van der Waals surface area contributed by atoms with E-state index >= 15 is 0 Å². The molecule has 9 nitrogen and oxygen atoms in total.